The number of aliphatic carboxylic acids is 1. The van der Waals surface area contributed by atoms with Gasteiger partial charge in [-0.05, 0) is 31.6 Å². The Labute approximate surface area is 108 Å². The van der Waals surface area contributed by atoms with Crippen molar-refractivity contribution in [2.45, 2.75) is 57.6 Å². The Morgan fingerprint density at radius 3 is 2.33 bits per heavy atom. The molecule has 0 bridgehead atoms. The molecule has 0 spiro atoms. The van der Waals surface area contributed by atoms with Crippen LogP contribution in [0.25, 0.3) is 0 Å². The van der Waals surface area contributed by atoms with Crippen LogP contribution in [-0.2, 0) is 14.3 Å². The molecule has 0 saturated heterocycles. The summed E-state index contributed by atoms with van der Waals surface area (Å²) < 4.78 is 5.36. The van der Waals surface area contributed by atoms with E-state index in [9.17, 15) is 9.59 Å². The maximum atomic E-state index is 11.9. The standard InChI is InChI=1S/C13H23NO4/c1-9(2)7-10(12(16)17)14-11(15)8-13(18-3)5-4-6-13/h9-10H,4-8H2,1-3H3,(H,14,15)(H,16,17). The smallest absolute Gasteiger partial charge is 0.326 e. The molecule has 0 aromatic heterocycles. The number of nitrogens with one attached hydrogen (secondary N) is 1. The SMILES string of the molecule is COC1(CC(=O)NC(CC(C)C)C(=O)O)CCC1. The predicted octanol–water partition coefficient (Wildman–Crippen LogP) is 1.56. The maximum Gasteiger partial charge on any atom is 0.326 e. The molecule has 104 valence electrons. The average molecular weight is 257 g/mol. The average Bonchev–Trinajstić information content (AvgIpc) is 2.21. The van der Waals surface area contributed by atoms with Gasteiger partial charge in [-0.15, -0.1) is 0 Å². The third-order valence-electron chi connectivity index (χ3n) is 3.52. The number of rotatable bonds is 7. The van der Waals surface area contributed by atoms with Crippen molar-refractivity contribution in [2.24, 2.45) is 5.92 Å². The number of hydrogen-bond acceptors (Lipinski definition) is 3. The zero-order chi connectivity index (χ0) is 13.8. The summed E-state index contributed by atoms with van der Waals surface area (Å²) in [6.45, 7) is 3.87. The Kier molecular flexibility index (Phi) is 5.14. The predicted molar refractivity (Wildman–Crippen MR) is 67.2 cm³/mol. The summed E-state index contributed by atoms with van der Waals surface area (Å²) in [6.07, 6.45) is 3.51. The van der Waals surface area contributed by atoms with E-state index in [1.54, 1.807) is 7.11 Å². The van der Waals surface area contributed by atoms with Gasteiger partial charge in [0.25, 0.3) is 0 Å². The number of carbonyl (C=O) groups is 2. The molecule has 1 saturated carbocycles. The van der Waals surface area contributed by atoms with Crippen LogP contribution < -0.4 is 5.32 Å². The van der Waals surface area contributed by atoms with Crippen molar-refractivity contribution >= 4 is 11.9 Å². The summed E-state index contributed by atoms with van der Waals surface area (Å²) >= 11 is 0. The molecule has 1 atom stereocenters. The maximum absolute atomic E-state index is 11.9. The molecule has 1 fully saturated rings. The molecule has 5 heteroatoms. The van der Waals surface area contributed by atoms with Crippen LogP contribution in [0.5, 0.6) is 0 Å². The van der Waals surface area contributed by atoms with Crippen molar-refractivity contribution in [3.8, 4) is 0 Å². The van der Waals surface area contributed by atoms with Crippen molar-refractivity contribution in [1.29, 1.82) is 0 Å². The monoisotopic (exact) mass is 257 g/mol. The van der Waals surface area contributed by atoms with Crippen molar-refractivity contribution in [2.75, 3.05) is 7.11 Å². The highest BCUT2D eigenvalue weighted by Crippen LogP contribution is 2.37. The molecule has 0 aromatic carbocycles. The van der Waals surface area contributed by atoms with E-state index in [-0.39, 0.29) is 23.8 Å². The highest BCUT2D eigenvalue weighted by atomic mass is 16.5. The molecule has 1 unspecified atom stereocenters. The van der Waals surface area contributed by atoms with Gasteiger partial charge in [0.2, 0.25) is 5.91 Å². The van der Waals surface area contributed by atoms with Gasteiger partial charge >= 0.3 is 5.97 Å². The van der Waals surface area contributed by atoms with E-state index in [2.05, 4.69) is 5.32 Å². The summed E-state index contributed by atoms with van der Waals surface area (Å²) in [7, 11) is 1.61. The zero-order valence-electron chi connectivity index (χ0n) is 11.4. The van der Waals surface area contributed by atoms with E-state index in [0.717, 1.165) is 19.3 Å². The number of ether oxygens (including phenoxy) is 1. The largest absolute Gasteiger partial charge is 0.480 e. The Hall–Kier alpha value is -1.10. The Balaban J connectivity index is 2.48. The Morgan fingerprint density at radius 2 is 2.00 bits per heavy atom. The summed E-state index contributed by atoms with van der Waals surface area (Å²) in [6, 6.07) is -0.800. The summed E-state index contributed by atoms with van der Waals surface area (Å²) in [5.74, 6) is -0.979. The highest BCUT2D eigenvalue weighted by Gasteiger charge is 2.39. The van der Waals surface area contributed by atoms with Gasteiger partial charge < -0.3 is 15.2 Å². The Morgan fingerprint density at radius 1 is 1.39 bits per heavy atom. The van der Waals surface area contributed by atoms with Crippen LogP contribution in [0.3, 0.4) is 0 Å². The lowest BCUT2D eigenvalue weighted by Gasteiger charge is -2.40. The number of carboxylic acids is 1. The van der Waals surface area contributed by atoms with Gasteiger partial charge in [0.15, 0.2) is 0 Å². The molecule has 0 aliphatic heterocycles. The van der Waals surface area contributed by atoms with Crippen molar-refractivity contribution < 1.29 is 19.4 Å². The van der Waals surface area contributed by atoms with Gasteiger partial charge in [0.05, 0.1) is 12.0 Å². The first-order valence-electron chi connectivity index (χ1n) is 6.46. The fourth-order valence-electron chi connectivity index (χ4n) is 2.26. The number of carboxylic acid groups (broad SMARTS) is 1. The highest BCUT2D eigenvalue weighted by molar-refractivity contribution is 5.84. The van der Waals surface area contributed by atoms with Crippen molar-refractivity contribution in [3.05, 3.63) is 0 Å². The van der Waals surface area contributed by atoms with Gasteiger partial charge in [-0.3, -0.25) is 4.79 Å². The molecule has 0 radical (unpaired) electrons. The molecule has 2 N–H and O–H groups in total. The number of carbonyl (C=O) groups excluding carboxylic acids is 1. The van der Waals surface area contributed by atoms with Gasteiger partial charge in [0, 0.05) is 7.11 Å². The van der Waals surface area contributed by atoms with Crippen LogP contribution in [-0.4, -0.2) is 35.7 Å². The molecule has 0 aromatic rings. The summed E-state index contributed by atoms with van der Waals surface area (Å²) in [4.78, 5) is 22.9. The van der Waals surface area contributed by atoms with E-state index in [1.807, 2.05) is 13.8 Å². The quantitative estimate of drug-likeness (QED) is 0.725. The lowest BCUT2D eigenvalue weighted by Crippen LogP contribution is -2.48. The molecule has 1 aliphatic carbocycles. The van der Waals surface area contributed by atoms with E-state index >= 15 is 0 Å². The molecule has 1 aliphatic rings. The first kappa shape index (κ1) is 15.0. The second-order valence-corrected chi connectivity index (χ2v) is 5.51. The minimum absolute atomic E-state index is 0.228. The van der Waals surface area contributed by atoms with E-state index in [4.69, 9.17) is 9.84 Å². The van der Waals surface area contributed by atoms with Gasteiger partial charge in [-0.2, -0.15) is 0 Å². The van der Waals surface area contributed by atoms with Crippen LogP contribution >= 0.6 is 0 Å². The van der Waals surface area contributed by atoms with Gasteiger partial charge in [-0.25, -0.2) is 4.79 Å². The minimum atomic E-state index is -0.975. The van der Waals surface area contributed by atoms with E-state index in [1.165, 1.54) is 0 Å². The first-order valence-corrected chi connectivity index (χ1v) is 6.46. The van der Waals surface area contributed by atoms with Gasteiger partial charge in [0.1, 0.15) is 6.04 Å². The molecular weight excluding hydrogens is 234 g/mol. The first-order chi connectivity index (χ1) is 8.38. The third kappa shape index (κ3) is 3.98. The molecule has 0 heterocycles. The molecule has 1 rings (SSSR count). The van der Waals surface area contributed by atoms with Crippen LogP contribution in [0.1, 0.15) is 46.0 Å². The zero-order valence-corrected chi connectivity index (χ0v) is 11.4. The number of amides is 1. The van der Waals surface area contributed by atoms with Crippen molar-refractivity contribution in [1.82, 2.24) is 5.32 Å². The third-order valence-corrected chi connectivity index (χ3v) is 3.52. The second-order valence-electron chi connectivity index (χ2n) is 5.51. The normalized spacial score (nSPS) is 19.1. The van der Waals surface area contributed by atoms with Crippen molar-refractivity contribution in [3.63, 3.8) is 0 Å². The number of hydrogen-bond donors (Lipinski definition) is 2. The summed E-state index contributed by atoms with van der Waals surface area (Å²) in [5, 5.41) is 11.6. The van der Waals surface area contributed by atoms with E-state index in [0.29, 0.717) is 6.42 Å². The lowest BCUT2D eigenvalue weighted by molar-refractivity contribution is -0.145. The second kappa shape index (κ2) is 6.18. The lowest BCUT2D eigenvalue weighted by atomic mass is 9.77. The number of methoxy groups -OCH3 is 1. The fourth-order valence-corrected chi connectivity index (χ4v) is 2.26. The van der Waals surface area contributed by atoms with Crippen LogP contribution in [0, 0.1) is 5.92 Å². The topological polar surface area (TPSA) is 75.6 Å². The van der Waals surface area contributed by atoms with Crippen LogP contribution in [0.4, 0.5) is 0 Å². The summed E-state index contributed by atoms with van der Waals surface area (Å²) in [5.41, 5.74) is -0.356. The minimum Gasteiger partial charge on any atom is -0.480 e. The molecular formula is C13H23NO4. The van der Waals surface area contributed by atoms with Crippen LogP contribution in [0.2, 0.25) is 0 Å². The van der Waals surface area contributed by atoms with Gasteiger partial charge in [-0.1, -0.05) is 13.8 Å². The van der Waals surface area contributed by atoms with E-state index < -0.39 is 12.0 Å². The molecule has 5 nitrogen and oxygen atoms in total. The molecule has 18 heavy (non-hydrogen) atoms. The Bertz CT molecular complexity index is 305. The fraction of sp³-hybridized carbons (Fsp3) is 0.846. The van der Waals surface area contributed by atoms with Crippen LogP contribution in [0.15, 0.2) is 0 Å². The molecule has 1 amide bonds.